The molecule has 3 heteroatoms. The van der Waals surface area contributed by atoms with Gasteiger partial charge in [0.05, 0.1) is 13.2 Å². The van der Waals surface area contributed by atoms with Gasteiger partial charge in [0.15, 0.2) is 0 Å². The van der Waals surface area contributed by atoms with Gasteiger partial charge in [-0.2, -0.15) is 0 Å². The van der Waals surface area contributed by atoms with E-state index in [0.717, 1.165) is 26.3 Å². The zero-order chi connectivity index (χ0) is 7.82. The molecular weight excluding hydrogens is 141 g/mol. The lowest BCUT2D eigenvalue weighted by molar-refractivity contribution is 0.109. The monoisotopic (exact) mass is 159 g/mol. The Morgan fingerprint density at radius 1 is 1.10 bits per heavy atom. The van der Waals surface area contributed by atoms with Crippen molar-refractivity contribution in [1.29, 1.82) is 0 Å². The summed E-state index contributed by atoms with van der Waals surface area (Å²) in [5.74, 6) is 6.92. The van der Waals surface area contributed by atoms with E-state index in [2.05, 4.69) is 22.7 Å². The van der Waals surface area contributed by atoms with Gasteiger partial charge in [0, 0.05) is 13.1 Å². The highest BCUT2D eigenvalue weighted by Crippen LogP contribution is 1.76. The largest absolute Gasteiger partial charge is 0.379 e. The third kappa shape index (κ3) is 11.3. The summed E-state index contributed by atoms with van der Waals surface area (Å²) in [5, 5.41) is 3.16. The first-order valence-electron chi connectivity index (χ1n) is 4.02. The molecule has 1 aliphatic heterocycles. The molecular formula is C7H18AlNO. The van der Waals surface area contributed by atoms with Gasteiger partial charge in [-0.1, -0.05) is 0 Å². The Bertz CT molecular complexity index is 50.4. The molecule has 10 heavy (non-hydrogen) atoms. The molecule has 2 nitrogen and oxygen atoms in total. The zero-order valence-corrected chi connectivity index (χ0v) is 8.47. The van der Waals surface area contributed by atoms with E-state index in [-0.39, 0.29) is 14.1 Å². The molecule has 1 saturated heterocycles. The van der Waals surface area contributed by atoms with E-state index in [4.69, 9.17) is 4.74 Å². The van der Waals surface area contributed by atoms with Gasteiger partial charge in [0.1, 0.15) is 0 Å². The van der Waals surface area contributed by atoms with Crippen LogP contribution in [0.5, 0.6) is 0 Å². The Balaban J connectivity index is 0.000000180. The molecule has 0 aromatic rings. The number of ether oxygens (including phenoxy) is 1. The summed E-state index contributed by atoms with van der Waals surface area (Å²) in [5.41, 5.74) is 0. The van der Waals surface area contributed by atoms with Crippen molar-refractivity contribution < 1.29 is 4.74 Å². The smallest absolute Gasteiger partial charge is 0.251 e. The summed E-state index contributed by atoms with van der Waals surface area (Å²) in [6, 6.07) is 0. The van der Waals surface area contributed by atoms with Crippen molar-refractivity contribution in [3.05, 3.63) is 0 Å². The highest BCUT2D eigenvalue weighted by Gasteiger charge is 1.92. The number of nitrogens with one attached hydrogen (secondary N) is 1. The summed E-state index contributed by atoms with van der Waals surface area (Å²) in [6.07, 6.45) is 0. The molecule has 1 N–H and O–H groups in total. The average Bonchev–Trinajstić information content (AvgIpc) is 1.90. The minimum Gasteiger partial charge on any atom is -0.379 e. The second-order valence-corrected chi connectivity index (χ2v) is 6.56. The molecule has 0 amide bonds. The van der Waals surface area contributed by atoms with Gasteiger partial charge in [-0.15, -0.1) is 17.4 Å². The molecule has 0 radical (unpaired) electrons. The van der Waals surface area contributed by atoms with Gasteiger partial charge in [-0.05, 0) is 0 Å². The summed E-state index contributed by atoms with van der Waals surface area (Å²) in [7, 11) is 0. The quantitative estimate of drug-likeness (QED) is 0.532. The molecule has 1 aliphatic rings. The minimum absolute atomic E-state index is 0.139. The molecule has 1 heterocycles. The molecule has 0 aromatic heterocycles. The van der Waals surface area contributed by atoms with Crippen LogP contribution in [0.2, 0.25) is 17.4 Å². The van der Waals surface area contributed by atoms with Gasteiger partial charge in [0.25, 0.3) is 14.1 Å². The molecule has 60 valence electrons. The Morgan fingerprint density at radius 3 is 1.60 bits per heavy atom. The first-order chi connectivity index (χ1) is 4.73. The Kier molecular flexibility index (Phi) is 7.90. The average molecular weight is 159 g/mol. The van der Waals surface area contributed by atoms with Crippen LogP contribution in [0.3, 0.4) is 0 Å². The lowest BCUT2D eigenvalue weighted by Gasteiger charge is -2.10. The number of morpholine rings is 1. The fraction of sp³-hybridized carbons (Fsp3) is 1.00. The molecule has 0 spiro atoms. The Hall–Kier alpha value is 0.452. The van der Waals surface area contributed by atoms with Crippen LogP contribution in [0.25, 0.3) is 0 Å². The van der Waals surface area contributed by atoms with Crippen LogP contribution in [0.4, 0.5) is 0 Å². The van der Waals surface area contributed by atoms with Crippen molar-refractivity contribution in [1.82, 2.24) is 5.32 Å². The van der Waals surface area contributed by atoms with E-state index in [9.17, 15) is 0 Å². The van der Waals surface area contributed by atoms with Gasteiger partial charge in [-0.3, -0.25) is 0 Å². The van der Waals surface area contributed by atoms with Crippen molar-refractivity contribution in [3.63, 3.8) is 0 Å². The highest BCUT2D eigenvalue weighted by atomic mass is 27.2. The van der Waals surface area contributed by atoms with E-state index in [1.54, 1.807) is 0 Å². The van der Waals surface area contributed by atoms with Crippen molar-refractivity contribution >= 4 is 14.1 Å². The Morgan fingerprint density at radius 2 is 1.50 bits per heavy atom. The molecule has 0 aliphatic carbocycles. The minimum atomic E-state index is -0.139. The van der Waals surface area contributed by atoms with Gasteiger partial charge < -0.3 is 10.1 Å². The number of hydrogen-bond acceptors (Lipinski definition) is 2. The Labute approximate surface area is 68.3 Å². The van der Waals surface area contributed by atoms with Crippen molar-refractivity contribution in [2.75, 3.05) is 26.3 Å². The maximum atomic E-state index is 5.01. The second-order valence-electron chi connectivity index (χ2n) is 3.09. The first-order valence-corrected chi connectivity index (χ1v) is 7.48. The predicted molar refractivity (Wildman–Crippen MR) is 47.0 cm³/mol. The topological polar surface area (TPSA) is 21.3 Å². The van der Waals surface area contributed by atoms with E-state index in [1.165, 1.54) is 0 Å². The van der Waals surface area contributed by atoms with Crippen molar-refractivity contribution in [3.8, 4) is 0 Å². The molecule has 1 fully saturated rings. The maximum absolute atomic E-state index is 5.01. The molecule has 0 saturated carbocycles. The van der Waals surface area contributed by atoms with Crippen LogP contribution in [0.15, 0.2) is 0 Å². The summed E-state index contributed by atoms with van der Waals surface area (Å²) < 4.78 is 5.01. The number of rotatable bonds is 0. The fourth-order valence-electron chi connectivity index (χ4n) is 0.516. The molecule has 0 aromatic carbocycles. The first kappa shape index (κ1) is 10.5. The second kappa shape index (κ2) is 7.56. The highest BCUT2D eigenvalue weighted by molar-refractivity contribution is 6.54. The lowest BCUT2D eigenvalue weighted by atomic mass is 10.5. The number of hydrogen-bond donors (Lipinski definition) is 1. The van der Waals surface area contributed by atoms with E-state index >= 15 is 0 Å². The van der Waals surface area contributed by atoms with E-state index in [0.29, 0.717) is 0 Å². The third-order valence-electron chi connectivity index (χ3n) is 0.846. The third-order valence-corrected chi connectivity index (χ3v) is 0.846. The van der Waals surface area contributed by atoms with Crippen LogP contribution in [0.1, 0.15) is 0 Å². The van der Waals surface area contributed by atoms with Crippen molar-refractivity contribution in [2.24, 2.45) is 0 Å². The van der Waals surface area contributed by atoms with Crippen LogP contribution >= 0.6 is 0 Å². The van der Waals surface area contributed by atoms with Gasteiger partial charge in [0.2, 0.25) is 0 Å². The normalized spacial score (nSPS) is 17.1. The predicted octanol–water partition coefficient (Wildman–Crippen LogP) is 0.977. The van der Waals surface area contributed by atoms with Gasteiger partial charge >= 0.3 is 0 Å². The molecule has 0 bridgehead atoms. The summed E-state index contributed by atoms with van der Waals surface area (Å²) in [6.45, 7) is 3.83. The van der Waals surface area contributed by atoms with E-state index < -0.39 is 0 Å². The maximum Gasteiger partial charge on any atom is 0.251 e. The SMILES string of the molecule is C1COCCN1.[CH3][Al]([CH3])[CH3]. The molecule has 1 rings (SSSR count). The van der Waals surface area contributed by atoms with Crippen LogP contribution in [-0.2, 0) is 4.74 Å². The zero-order valence-electron chi connectivity index (χ0n) is 7.31. The summed E-state index contributed by atoms with van der Waals surface area (Å²) >= 11 is -0.139. The fourth-order valence-corrected chi connectivity index (χ4v) is 0.516. The van der Waals surface area contributed by atoms with E-state index in [1.807, 2.05) is 0 Å². The van der Waals surface area contributed by atoms with Crippen LogP contribution in [0, 0.1) is 0 Å². The molecule has 0 atom stereocenters. The molecule has 0 unspecified atom stereocenters. The lowest BCUT2D eigenvalue weighted by Crippen LogP contribution is -2.30. The van der Waals surface area contributed by atoms with Crippen molar-refractivity contribution in [2.45, 2.75) is 17.4 Å². The summed E-state index contributed by atoms with van der Waals surface area (Å²) in [4.78, 5) is 0. The van der Waals surface area contributed by atoms with Gasteiger partial charge in [-0.25, -0.2) is 0 Å². The van der Waals surface area contributed by atoms with Crippen LogP contribution < -0.4 is 5.32 Å². The van der Waals surface area contributed by atoms with Crippen LogP contribution in [-0.4, -0.2) is 40.5 Å². The standard InChI is InChI=1S/C4H9NO.3CH3.Al/c1-3-6-4-2-5-1;;;;/h5H,1-4H2;3*1H3;.